The van der Waals surface area contributed by atoms with E-state index in [9.17, 15) is 9.18 Å². The number of amides is 1. The molecule has 0 radical (unpaired) electrons. The Labute approximate surface area is 123 Å². The Morgan fingerprint density at radius 1 is 1.52 bits per heavy atom. The summed E-state index contributed by atoms with van der Waals surface area (Å²) in [6, 6.07) is 6.32. The van der Waals surface area contributed by atoms with E-state index < -0.39 is 5.60 Å². The second kappa shape index (κ2) is 6.67. The highest BCUT2D eigenvalue weighted by atomic mass is 19.1. The first-order chi connectivity index (χ1) is 10.1. The summed E-state index contributed by atoms with van der Waals surface area (Å²) < 4.78 is 18.6. The number of carbonyl (C=O) groups excluding carboxylic acids is 1. The zero-order valence-electron chi connectivity index (χ0n) is 12.2. The maximum absolute atomic E-state index is 13.7. The molecule has 1 aliphatic heterocycles. The van der Waals surface area contributed by atoms with Gasteiger partial charge in [-0.2, -0.15) is 0 Å². The Hall–Kier alpha value is -1.95. The van der Waals surface area contributed by atoms with Gasteiger partial charge in [-0.15, -0.1) is 0 Å². The van der Waals surface area contributed by atoms with Crippen LogP contribution in [0.5, 0.6) is 0 Å². The summed E-state index contributed by atoms with van der Waals surface area (Å²) in [7, 11) is 1.61. The van der Waals surface area contributed by atoms with E-state index in [4.69, 9.17) is 9.57 Å². The second-order valence-corrected chi connectivity index (χ2v) is 5.12. The number of hydrogen-bond acceptors (Lipinski definition) is 4. The number of hydrogen-bond donors (Lipinski definition) is 1. The lowest BCUT2D eigenvalue weighted by Crippen LogP contribution is -2.45. The maximum Gasteiger partial charge on any atom is 0.267 e. The van der Waals surface area contributed by atoms with Gasteiger partial charge in [-0.1, -0.05) is 23.4 Å². The fourth-order valence-corrected chi connectivity index (χ4v) is 2.11. The van der Waals surface area contributed by atoms with Crippen molar-refractivity contribution in [1.29, 1.82) is 0 Å². The number of methoxy groups -OCH3 is 1. The van der Waals surface area contributed by atoms with Gasteiger partial charge < -0.3 is 14.9 Å². The van der Waals surface area contributed by atoms with Crippen LogP contribution in [0.15, 0.2) is 29.4 Å². The molecule has 0 saturated heterocycles. The first-order valence-corrected chi connectivity index (χ1v) is 6.84. The van der Waals surface area contributed by atoms with Crippen molar-refractivity contribution in [3.05, 3.63) is 35.6 Å². The zero-order chi connectivity index (χ0) is 15.3. The molecule has 1 aliphatic rings. The summed E-state index contributed by atoms with van der Waals surface area (Å²) in [6.45, 7) is 2.73. The molecule has 5 nitrogen and oxygen atoms in total. The molecular formula is C15H19FN2O3. The van der Waals surface area contributed by atoms with Crippen molar-refractivity contribution in [2.75, 3.05) is 20.3 Å². The van der Waals surface area contributed by atoms with Crippen LogP contribution in [-0.2, 0) is 14.4 Å². The molecular weight excluding hydrogens is 275 g/mol. The van der Waals surface area contributed by atoms with Gasteiger partial charge in [0.15, 0.2) is 0 Å². The van der Waals surface area contributed by atoms with E-state index in [1.807, 2.05) is 0 Å². The number of benzene rings is 1. The Kier molecular flexibility index (Phi) is 4.90. The van der Waals surface area contributed by atoms with E-state index in [-0.39, 0.29) is 18.1 Å². The highest BCUT2D eigenvalue weighted by Gasteiger charge is 2.42. The molecule has 1 amide bonds. The van der Waals surface area contributed by atoms with Crippen LogP contribution in [0.1, 0.15) is 25.3 Å². The summed E-state index contributed by atoms with van der Waals surface area (Å²) in [6.07, 6.45) is 0.962. The molecule has 0 aliphatic carbocycles. The molecule has 21 heavy (non-hydrogen) atoms. The Morgan fingerprint density at radius 2 is 2.29 bits per heavy atom. The number of carbonyl (C=O) groups is 1. The number of oxime groups is 1. The summed E-state index contributed by atoms with van der Waals surface area (Å²) in [5.41, 5.74) is -0.277. The number of nitrogens with zero attached hydrogens (tertiary/aromatic N) is 1. The lowest BCUT2D eigenvalue weighted by Gasteiger charge is -2.20. The molecule has 114 valence electrons. The molecule has 1 heterocycles. The summed E-state index contributed by atoms with van der Waals surface area (Å²) in [5, 5.41) is 6.65. The van der Waals surface area contributed by atoms with Crippen molar-refractivity contribution < 1.29 is 18.8 Å². The minimum atomic E-state index is -1.09. The van der Waals surface area contributed by atoms with Gasteiger partial charge in [0.05, 0.1) is 5.71 Å². The zero-order valence-corrected chi connectivity index (χ0v) is 12.2. The van der Waals surface area contributed by atoms with Crippen molar-refractivity contribution >= 4 is 11.6 Å². The van der Waals surface area contributed by atoms with Crippen LogP contribution in [0.2, 0.25) is 0 Å². The van der Waals surface area contributed by atoms with Crippen LogP contribution in [0.3, 0.4) is 0 Å². The topological polar surface area (TPSA) is 59.9 Å². The number of rotatable bonds is 6. The molecule has 2 rings (SSSR count). The lowest BCUT2D eigenvalue weighted by molar-refractivity contribution is -0.141. The minimum absolute atomic E-state index is 0.240. The fourth-order valence-electron chi connectivity index (χ4n) is 2.11. The van der Waals surface area contributed by atoms with Gasteiger partial charge in [0.1, 0.15) is 5.82 Å². The molecule has 6 heteroatoms. The molecule has 0 aromatic heterocycles. The molecule has 0 bridgehead atoms. The van der Waals surface area contributed by atoms with Crippen LogP contribution < -0.4 is 5.32 Å². The van der Waals surface area contributed by atoms with E-state index in [0.29, 0.717) is 24.4 Å². The number of ether oxygens (including phenoxy) is 1. The van der Waals surface area contributed by atoms with Crippen LogP contribution in [-0.4, -0.2) is 37.5 Å². The van der Waals surface area contributed by atoms with Crippen molar-refractivity contribution in [2.24, 2.45) is 5.16 Å². The first-order valence-electron chi connectivity index (χ1n) is 6.84. The Morgan fingerprint density at radius 3 is 3.00 bits per heavy atom. The van der Waals surface area contributed by atoms with Crippen LogP contribution in [0, 0.1) is 5.82 Å². The largest absolute Gasteiger partial charge is 0.385 e. The van der Waals surface area contributed by atoms with Crippen LogP contribution >= 0.6 is 0 Å². The molecule has 1 atom stereocenters. The van der Waals surface area contributed by atoms with Gasteiger partial charge in [0.25, 0.3) is 5.91 Å². The van der Waals surface area contributed by atoms with E-state index in [2.05, 4.69) is 10.5 Å². The molecule has 0 fully saturated rings. The van der Waals surface area contributed by atoms with Gasteiger partial charge in [0.2, 0.25) is 5.60 Å². The average molecular weight is 294 g/mol. The predicted octanol–water partition coefficient (Wildman–Crippen LogP) is 1.86. The second-order valence-electron chi connectivity index (χ2n) is 5.12. The maximum atomic E-state index is 13.7. The third kappa shape index (κ3) is 3.58. The molecule has 1 aromatic carbocycles. The van der Waals surface area contributed by atoms with Gasteiger partial charge in [0, 0.05) is 32.2 Å². The normalized spacial score (nSPS) is 20.8. The highest BCUT2D eigenvalue weighted by Crippen LogP contribution is 2.27. The van der Waals surface area contributed by atoms with Crippen LogP contribution in [0.4, 0.5) is 4.39 Å². The molecule has 1 N–H and O–H groups in total. The third-order valence-corrected chi connectivity index (χ3v) is 3.34. The first kappa shape index (κ1) is 15.4. The highest BCUT2D eigenvalue weighted by molar-refractivity contribution is 6.05. The molecule has 0 spiro atoms. The van der Waals surface area contributed by atoms with Gasteiger partial charge in [-0.05, 0) is 19.4 Å². The van der Waals surface area contributed by atoms with Crippen molar-refractivity contribution in [1.82, 2.24) is 5.32 Å². The fraction of sp³-hybridized carbons (Fsp3) is 0.467. The summed E-state index contributed by atoms with van der Waals surface area (Å²) in [5.74, 6) is -0.627. The lowest BCUT2D eigenvalue weighted by atomic mass is 9.95. The van der Waals surface area contributed by atoms with Gasteiger partial charge in [-0.25, -0.2) is 4.39 Å². The van der Waals surface area contributed by atoms with E-state index in [0.717, 1.165) is 6.42 Å². The summed E-state index contributed by atoms with van der Waals surface area (Å²) >= 11 is 0. The van der Waals surface area contributed by atoms with Gasteiger partial charge in [-0.3, -0.25) is 4.79 Å². The Bertz CT molecular complexity index is 547. The van der Waals surface area contributed by atoms with E-state index >= 15 is 0 Å². The summed E-state index contributed by atoms with van der Waals surface area (Å²) in [4.78, 5) is 17.4. The minimum Gasteiger partial charge on any atom is -0.385 e. The van der Waals surface area contributed by atoms with E-state index in [1.165, 1.54) is 6.07 Å². The van der Waals surface area contributed by atoms with Crippen molar-refractivity contribution in [2.45, 2.75) is 25.4 Å². The number of nitrogens with one attached hydrogen (secondary N) is 1. The molecule has 0 saturated carbocycles. The molecule has 0 unspecified atom stereocenters. The SMILES string of the molecule is COCCCNC(=O)[C@]1(C)CC(c2ccccc2F)=NO1. The standard InChI is InChI=1S/C15H19FN2O3/c1-15(14(19)17-8-5-9-20-2)10-13(18-21-15)11-6-3-4-7-12(11)16/h3-4,6-7H,5,8-10H2,1-2H3,(H,17,19)/t15-/m0/s1. The van der Waals surface area contributed by atoms with Gasteiger partial charge >= 0.3 is 0 Å². The Balaban J connectivity index is 1.96. The van der Waals surface area contributed by atoms with Crippen molar-refractivity contribution in [3.8, 4) is 0 Å². The monoisotopic (exact) mass is 294 g/mol. The number of halogens is 1. The average Bonchev–Trinajstić information content (AvgIpc) is 2.87. The van der Waals surface area contributed by atoms with Crippen molar-refractivity contribution in [3.63, 3.8) is 0 Å². The smallest absolute Gasteiger partial charge is 0.267 e. The molecule has 1 aromatic rings. The van der Waals surface area contributed by atoms with Crippen LogP contribution in [0.25, 0.3) is 0 Å². The quantitative estimate of drug-likeness (QED) is 0.815. The third-order valence-electron chi connectivity index (χ3n) is 3.34. The van der Waals surface area contributed by atoms with E-state index in [1.54, 1.807) is 32.2 Å². The predicted molar refractivity (Wildman–Crippen MR) is 76.5 cm³/mol.